The molecule has 1 rings (SSSR count). The molecule has 1 aromatic heterocycles. The molecule has 0 spiro atoms. The fourth-order valence-electron chi connectivity index (χ4n) is 1.79. The fourth-order valence-corrected chi connectivity index (χ4v) is 1.79. The van der Waals surface area contributed by atoms with Crippen LogP contribution in [0.3, 0.4) is 0 Å². The molecule has 3 heteroatoms. The maximum atomic E-state index is 4.34. The van der Waals surface area contributed by atoms with Gasteiger partial charge in [-0.05, 0) is 27.3 Å². The molecule has 0 amide bonds. The van der Waals surface area contributed by atoms with Crippen molar-refractivity contribution in [3.63, 3.8) is 0 Å². The maximum absolute atomic E-state index is 4.34. The van der Waals surface area contributed by atoms with E-state index in [1.54, 1.807) is 0 Å². The molecule has 0 aromatic carbocycles. The monoisotopic (exact) mass is 195 g/mol. The SMILES string of the molecule is CCCC(CNC)n1cnc(C)c1C. The molecule has 0 aliphatic heterocycles. The Labute approximate surface area is 86.5 Å². The Balaban J connectivity index is 2.81. The van der Waals surface area contributed by atoms with Gasteiger partial charge in [-0.15, -0.1) is 0 Å². The largest absolute Gasteiger partial charge is 0.330 e. The predicted molar refractivity (Wildman–Crippen MR) is 59.6 cm³/mol. The summed E-state index contributed by atoms with van der Waals surface area (Å²) < 4.78 is 2.29. The van der Waals surface area contributed by atoms with E-state index in [-0.39, 0.29) is 0 Å². The second-order valence-corrected chi connectivity index (χ2v) is 3.82. The van der Waals surface area contributed by atoms with Gasteiger partial charge in [-0.3, -0.25) is 0 Å². The molecule has 1 aromatic rings. The molecule has 1 heterocycles. The van der Waals surface area contributed by atoms with Crippen molar-refractivity contribution in [1.29, 1.82) is 0 Å². The minimum atomic E-state index is 0.547. The van der Waals surface area contributed by atoms with Crippen molar-refractivity contribution < 1.29 is 0 Å². The van der Waals surface area contributed by atoms with Gasteiger partial charge in [0.15, 0.2) is 0 Å². The maximum Gasteiger partial charge on any atom is 0.0954 e. The van der Waals surface area contributed by atoms with Gasteiger partial charge in [0, 0.05) is 18.3 Å². The highest BCUT2D eigenvalue weighted by molar-refractivity contribution is 5.09. The topological polar surface area (TPSA) is 29.9 Å². The average Bonchev–Trinajstić information content (AvgIpc) is 2.48. The van der Waals surface area contributed by atoms with Crippen molar-refractivity contribution >= 4 is 0 Å². The zero-order chi connectivity index (χ0) is 10.6. The first-order chi connectivity index (χ1) is 6.70. The summed E-state index contributed by atoms with van der Waals surface area (Å²) in [7, 11) is 2.00. The average molecular weight is 195 g/mol. The van der Waals surface area contributed by atoms with E-state index in [0.29, 0.717) is 6.04 Å². The number of aromatic nitrogens is 2. The van der Waals surface area contributed by atoms with E-state index in [1.807, 2.05) is 13.4 Å². The fraction of sp³-hybridized carbons (Fsp3) is 0.727. The smallest absolute Gasteiger partial charge is 0.0954 e. The van der Waals surface area contributed by atoms with Gasteiger partial charge in [0.05, 0.1) is 12.0 Å². The molecular formula is C11H21N3. The number of rotatable bonds is 5. The summed E-state index contributed by atoms with van der Waals surface area (Å²) in [6.45, 7) is 7.45. The molecule has 0 bridgehead atoms. The Kier molecular flexibility index (Phi) is 4.14. The van der Waals surface area contributed by atoms with Crippen LogP contribution < -0.4 is 5.32 Å². The first-order valence-electron chi connectivity index (χ1n) is 5.35. The third-order valence-electron chi connectivity index (χ3n) is 2.74. The number of hydrogen-bond acceptors (Lipinski definition) is 2. The number of imidazole rings is 1. The number of likely N-dealkylation sites (N-methyl/N-ethyl adjacent to an activating group) is 1. The summed E-state index contributed by atoms with van der Waals surface area (Å²) in [6.07, 6.45) is 4.38. The summed E-state index contributed by atoms with van der Waals surface area (Å²) >= 11 is 0. The second kappa shape index (κ2) is 5.15. The molecule has 0 aliphatic carbocycles. The second-order valence-electron chi connectivity index (χ2n) is 3.82. The molecular weight excluding hydrogens is 174 g/mol. The lowest BCUT2D eigenvalue weighted by molar-refractivity contribution is 0.436. The van der Waals surface area contributed by atoms with Crippen LogP contribution in [0.1, 0.15) is 37.2 Å². The van der Waals surface area contributed by atoms with E-state index in [9.17, 15) is 0 Å². The Morgan fingerprint density at radius 1 is 1.50 bits per heavy atom. The number of nitrogens with one attached hydrogen (secondary N) is 1. The minimum absolute atomic E-state index is 0.547. The van der Waals surface area contributed by atoms with Crippen molar-refractivity contribution in [2.24, 2.45) is 0 Å². The van der Waals surface area contributed by atoms with Gasteiger partial charge in [-0.1, -0.05) is 13.3 Å². The lowest BCUT2D eigenvalue weighted by Crippen LogP contribution is -2.22. The first kappa shape index (κ1) is 11.2. The van der Waals surface area contributed by atoms with Crippen molar-refractivity contribution in [2.45, 2.75) is 39.7 Å². The van der Waals surface area contributed by atoms with E-state index in [2.05, 4.69) is 35.6 Å². The normalized spacial score (nSPS) is 13.1. The van der Waals surface area contributed by atoms with Crippen LogP contribution in [-0.4, -0.2) is 23.1 Å². The first-order valence-corrected chi connectivity index (χ1v) is 5.35. The van der Waals surface area contributed by atoms with E-state index in [4.69, 9.17) is 0 Å². The van der Waals surface area contributed by atoms with Crippen LogP contribution in [0.4, 0.5) is 0 Å². The highest BCUT2D eigenvalue weighted by Crippen LogP contribution is 2.17. The van der Waals surface area contributed by atoms with Crippen molar-refractivity contribution in [1.82, 2.24) is 14.9 Å². The summed E-state index contributed by atoms with van der Waals surface area (Å²) in [5, 5.41) is 3.24. The standard InChI is InChI=1S/C11H21N3/c1-5-6-11(7-12-4)14-8-13-9(2)10(14)3/h8,11-12H,5-7H2,1-4H3. The summed E-state index contributed by atoms with van der Waals surface area (Å²) in [4.78, 5) is 4.34. The molecule has 0 radical (unpaired) electrons. The van der Waals surface area contributed by atoms with Crippen molar-refractivity contribution in [2.75, 3.05) is 13.6 Å². The van der Waals surface area contributed by atoms with Gasteiger partial charge in [-0.2, -0.15) is 0 Å². The Bertz CT molecular complexity index is 272. The zero-order valence-electron chi connectivity index (χ0n) is 9.67. The molecule has 3 nitrogen and oxygen atoms in total. The van der Waals surface area contributed by atoms with Gasteiger partial charge < -0.3 is 9.88 Å². The van der Waals surface area contributed by atoms with Crippen LogP contribution in [0.5, 0.6) is 0 Å². The summed E-state index contributed by atoms with van der Waals surface area (Å²) in [6, 6.07) is 0.547. The molecule has 1 N–H and O–H groups in total. The third-order valence-corrected chi connectivity index (χ3v) is 2.74. The van der Waals surface area contributed by atoms with Crippen LogP contribution in [-0.2, 0) is 0 Å². The molecule has 14 heavy (non-hydrogen) atoms. The van der Waals surface area contributed by atoms with E-state index < -0.39 is 0 Å². The molecule has 0 fully saturated rings. The van der Waals surface area contributed by atoms with E-state index in [1.165, 1.54) is 18.5 Å². The van der Waals surface area contributed by atoms with Crippen LogP contribution in [0, 0.1) is 13.8 Å². The predicted octanol–water partition coefficient (Wildman–Crippen LogP) is 2.06. The van der Waals surface area contributed by atoms with Gasteiger partial charge in [0.25, 0.3) is 0 Å². The number of hydrogen-bond donors (Lipinski definition) is 1. The van der Waals surface area contributed by atoms with Gasteiger partial charge in [0.1, 0.15) is 0 Å². The van der Waals surface area contributed by atoms with Crippen LogP contribution in [0.25, 0.3) is 0 Å². The number of nitrogens with zero attached hydrogens (tertiary/aromatic N) is 2. The highest BCUT2D eigenvalue weighted by atomic mass is 15.1. The Morgan fingerprint density at radius 3 is 2.64 bits per heavy atom. The molecule has 0 saturated heterocycles. The van der Waals surface area contributed by atoms with Crippen LogP contribution in [0.15, 0.2) is 6.33 Å². The highest BCUT2D eigenvalue weighted by Gasteiger charge is 2.12. The third kappa shape index (κ3) is 2.35. The Morgan fingerprint density at radius 2 is 2.21 bits per heavy atom. The zero-order valence-corrected chi connectivity index (χ0v) is 9.67. The van der Waals surface area contributed by atoms with Crippen molar-refractivity contribution in [3.8, 4) is 0 Å². The molecule has 80 valence electrons. The van der Waals surface area contributed by atoms with Gasteiger partial charge in [0.2, 0.25) is 0 Å². The summed E-state index contributed by atoms with van der Waals surface area (Å²) in [5.41, 5.74) is 2.43. The van der Waals surface area contributed by atoms with E-state index in [0.717, 1.165) is 12.2 Å². The number of aryl methyl sites for hydroxylation is 1. The van der Waals surface area contributed by atoms with Crippen LogP contribution >= 0.6 is 0 Å². The minimum Gasteiger partial charge on any atom is -0.330 e. The molecule has 0 aliphatic rings. The van der Waals surface area contributed by atoms with Gasteiger partial charge >= 0.3 is 0 Å². The van der Waals surface area contributed by atoms with Gasteiger partial charge in [-0.25, -0.2) is 4.98 Å². The lowest BCUT2D eigenvalue weighted by Gasteiger charge is -2.19. The summed E-state index contributed by atoms with van der Waals surface area (Å²) in [5.74, 6) is 0. The van der Waals surface area contributed by atoms with E-state index >= 15 is 0 Å². The molecule has 1 atom stereocenters. The lowest BCUT2D eigenvalue weighted by atomic mass is 10.1. The van der Waals surface area contributed by atoms with Crippen LogP contribution in [0.2, 0.25) is 0 Å². The molecule has 0 saturated carbocycles. The van der Waals surface area contributed by atoms with Crippen molar-refractivity contribution in [3.05, 3.63) is 17.7 Å². The Hall–Kier alpha value is -0.830. The molecule has 1 unspecified atom stereocenters. The quantitative estimate of drug-likeness (QED) is 0.779.